The Bertz CT molecular complexity index is 287. The second kappa shape index (κ2) is 4.23. The standard InChI is InChI=1S/C8H8N2O2/c1-12-8(11)7-3-2-4-9-5-6-10-7/h2-6H,1H3. The molecule has 62 valence electrons. The highest BCUT2D eigenvalue weighted by atomic mass is 16.5. The lowest BCUT2D eigenvalue weighted by Crippen LogP contribution is -2.03. The Balaban J connectivity index is 2.82. The lowest BCUT2D eigenvalue weighted by molar-refractivity contribution is -0.136. The van der Waals surface area contributed by atoms with Crippen LogP contribution in [0.5, 0.6) is 0 Å². The second-order valence-electron chi connectivity index (χ2n) is 1.96. The lowest BCUT2D eigenvalue weighted by atomic mass is 10.4. The molecule has 0 radical (unpaired) electrons. The molecule has 0 atom stereocenters. The molecule has 0 fully saturated rings. The topological polar surface area (TPSA) is 51.0 Å². The van der Waals surface area contributed by atoms with Crippen LogP contribution in [-0.2, 0) is 9.53 Å². The van der Waals surface area contributed by atoms with Gasteiger partial charge in [-0.1, -0.05) is 0 Å². The number of nitrogens with zero attached hydrogens (tertiary/aromatic N) is 2. The maximum atomic E-state index is 10.9. The van der Waals surface area contributed by atoms with Crippen molar-refractivity contribution in [2.45, 2.75) is 0 Å². The molecule has 4 nitrogen and oxygen atoms in total. The van der Waals surface area contributed by atoms with Crippen LogP contribution in [0.25, 0.3) is 0 Å². The summed E-state index contributed by atoms with van der Waals surface area (Å²) in [7, 11) is 1.31. The molecule has 0 aliphatic carbocycles. The number of methoxy groups -OCH3 is 1. The molecule has 0 aromatic carbocycles. The van der Waals surface area contributed by atoms with Crippen LogP contribution in [0.2, 0.25) is 0 Å². The van der Waals surface area contributed by atoms with Crippen LogP contribution in [0, 0.1) is 0 Å². The van der Waals surface area contributed by atoms with E-state index >= 15 is 0 Å². The van der Waals surface area contributed by atoms with Crippen molar-refractivity contribution in [2.24, 2.45) is 9.98 Å². The molecule has 1 aliphatic heterocycles. The first-order valence-corrected chi connectivity index (χ1v) is 3.35. The van der Waals surface area contributed by atoms with Crippen molar-refractivity contribution in [3.8, 4) is 0 Å². The van der Waals surface area contributed by atoms with E-state index in [9.17, 15) is 4.79 Å². The number of carbonyl (C=O) groups excluding carboxylic acids is 1. The summed E-state index contributed by atoms with van der Waals surface area (Å²) in [4.78, 5) is 18.6. The highest BCUT2D eigenvalue weighted by Gasteiger charge is 2.05. The molecule has 12 heavy (non-hydrogen) atoms. The second-order valence-corrected chi connectivity index (χ2v) is 1.96. The number of aliphatic imine (C=N–C) groups is 2. The number of hydrogen-bond donors (Lipinski definition) is 0. The van der Waals surface area contributed by atoms with Gasteiger partial charge in [0.2, 0.25) is 0 Å². The minimum atomic E-state index is -0.453. The zero-order valence-corrected chi connectivity index (χ0v) is 6.60. The third kappa shape index (κ3) is 2.16. The van der Waals surface area contributed by atoms with Gasteiger partial charge in [0.05, 0.1) is 7.11 Å². The van der Waals surface area contributed by atoms with Gasteiger partial charge in [-0.05, 0) is 12.2 Å². The van der Waals surface area contributed by atoms with Crippen LogP contribution in [0.15, 0.2) is 34.0 Å². The largest absolute Gasteiger partial charge is 0.464 e. The molecule has 0 N–H and O–H groups in total. The van der Waals surface area contributed by atoms with Crippen LogP contribution in [0.3, 0.4) is 0 Å². The van der Waals surface area contributed by atoms with Crippen LogP contribution in [0.4, 0.5) is 0 Å². The Kier molecular flexibility index (Phi) is 2.95. The fourth-order valence-corrected chi connectivity index (χ4v) is 0.654. The Morgan fingerprint density at radius 1 is 1.50 bits per heavy atom. The number of esters is 1. The molecular weight excluding hydrogens is 156 g/mol. The van der Waals surface area contributed by atoms with Crippen molar-refractivity contribution in [2.75, 3.05) is 7.11 Å². The van der Waals surface area contributed by atoms with Gasteiger partial charge in [0.1, 0.15) is 5.70 Å². The highest BCUT2D eigenvalue weighted by molar-refractivity contribution is 6.17. The molecule has 0 aromatic heterocycles. The predicted molar refractivity (Wildman–Crippen MR) is 46.2 cm³/mol. The molecule has 4 heteroatoms. The number of hydrogen-bond acceptors (Lipinski definition) is 4. The third-order valence-corrected chi connectivity index (χ3v) is 1.19. The van der Waals surface area contributed by atoms with E-state index in [-0.39, 0.29) is 5.70 Å². The lowest BCUT2D eigenvalue weighted by Gasteiger charge is -1.97. The van der Waals surface area contributed by atoms with Crippen molar-refractivity contribution < 1.29 is 9.53 Å². The van der Waals surface area contributed by atoms with Crippen molar-refractivity contribution in [3.63, 3.8) is 0 Å². The Labute approximate surface area is 70.0 Å². The molecule has 0 bridgehead atoms. The Hall–Kier alpha value is -1.71. The van der Waals surface area contributed by atoms with Crippen molar-refractivity contribution in [1.29, 1.82) is 0 Å². The van der Waals surface area contributed by atoms with E-state index < -0.39 is 5.97 Å². The predicted octanol–water partition coefficient (Wildman–Crippen LogP) is 0.712. The average molecular weight is 164 g/mol. The fourth-order valence-electron chi connectivity index (χ4n) is 0.654. The van der Waals surface area contributed by atoms with E-state index in [2.05, 4.69) is 14.7 Å². The van der Waals surface area contributed by atoms with Crippen molar-refractivity contribution >= 4 is 18.4 Å². The van der Waals surface area contributed by atoms with Gasteiger partial charge in [0, 0.05) is 18.6 Å². The molecule has 1 aliphatic rings. The van der Waals surface area contributed by atoms with Gasteiger partial charge in [0.25, 0.3) is 0 Å². The van der Waals surface area contributed by atoms with Crippen molar-refractivity contribution in [1.82, 2.24) is 0 Å². The molecular formula is C8H8N2O2. The van der Waals surface area contributed by atoms with Crippen LogP contribution < -0.4 is 0 Å². The zero-order valence-electron chi connectivity index (χ0n) is 6.60. The number of ether oxygens (including phenoxy) is 1. The van der Waals surface area contributed by atoms with Gasteiger partial charge < -0.3 is 4.74 Å². The van der Waals surface area contributed by atoms with E-state index in [1.54, 1.807) is 18.4 Å². The maximum Gasteiger partial charge on any atom is 0.356 e. The zero-order chi connectivity index (χ0) is 8.81. The normalized spacial score (nSPS) is 14.9. The quantitative estimate of drug-likeness (QED) is 0.536. The molecule has 0 saturated carbocycles. The van der Waals surface area contributed by atoms with Crippen LogP contribution >= 0.6 is 0 Å². The summed E-state index contributed by atoms with van der Waals surface area (Å²) < 4.78 is 4.49. The molecule has 0 aromatic rings. The van der Waals surface area contributed by atoms with Gasteiger partial charge in [-0.3, -0.25) is 4.99 Å². The summed E-state index contributed by atoms with van der Waals surface area (Å²) in [5, 5.41) is 0. The number of rotatable bonds is 1. The summed E-state index contributed by atoms with van der Waals surface area (Å²) >= 11 is 0. The summed E-state index contributed by atoms with van der Waals surface area (Å²) in [6, 6.07) is 0. The van der Waals surface area contributed by atoms with Gasteiger partial charge in [-0.2, -0.15) is 0 Å². The first-order valence-electron chi connectivity index (χ1n) is 3.35. The van der Waals surface area contributed by atoms with E-state index in [0.717, 1.165) is 0 Å². The van der Waals surface area contributed by atoms with Gasteiger partial charge in [0.15, 0.2) is 0 Å². The Morgan fingerprint density at radius 3 is 3.08 bits per heavy atom. The van der Waals surface area contributed by atoms with E-state index in [1.165, 1.54) is 19.5 Å². The monoisotopic (exact) mass is 164 g/mol. The molecule has 0 saturated heterocycles. The van der Waals surface area contributed by atoms with E-state index in [0.29, 0.717) is 0 Å². The molecule has 1 heterocycles. The first kappa shape index (κ1) is 8.39. The maximum absolute atomic E-state index is 10.9. The average Bonchev–Trinajstić information content (AvgIpc) is 2.02. The summed E-state index contributed by atoms with van der Waals surface area (Å²) in [5.74, 6) is -0.453. The number of allylic oxidation sites excluding steroid dienone is 2. The minimum Gasteiger partial charge on any atom is -0.464 e. The smallest absolute Gasteiger partial charge is 0.356 e. The Morgan fingerprint density at radius 2 is 2.33 bits per heavy atom. The molecule has 1 rings (SSSR count). The van der Waals surface area contributed by atoms with Crippen LogP contribution in [-0.4, -0.2) is 25.5 Å². The van der Waals surface area contributed by atoms with Crippen molar-refractivity contribution in [3.05, 3.63) is 24.0 Å². The fraction of sp³-hybridized carbons (Fsp3) is 0.125. The molecule has 0 unspecified atom stereocenters. The minimum absolute atomic E-state index is 0.264. The SMILES string of the molecule is COC(=O)C1=CC=CN=CC=N1. The van der Waals surface area contributed by atoms with Gasteiger partial charge in [-0.15, -0.1) is 0 Å². The number of carbonyl (C=O) groups is 1. The van der Waals surface area contributed by atoms with E-state index in [1.807, 2.05) is 0 Å². The molecule has 0 spiro atoms. The summed E-state index contributed by atoms with van der Waals surface area (Å²) in [5.41, 5.74) is 0.264. The van der Waals surface area contributed by atoms with Gasteiger partial charge >= 0.3 is 5.97 Å². The summed E-state index contributed by atoms with van der Waals surface area (Å²) in [6.45, 7) is 0. The first-order chi connectivity index (χ1) is 5.84. The molecule has 0 amide bonds. The van der Waals surface area contributed by atoms with Gasteiger partial charge in [-0.25, -0.2) is 9.79 Å². The highest BCUT2D eigenvalue weighted by Crippen LogP contribution is 2.00. The van der Waals surface area contributed by atoms with E-state index in [4.69, 9.17) is 0 Å². The third-order valence-electron chi connectivity index (χ3n) is 1.19. The summed E-state index contributed by atoms with van der Waals surface area (Å²) in [6.07, 6.45) is 7.66. The van der Waals surface area contributed by atoms with Crippen LogP contribution in [0.1, 0.15) is 0 Å².